The van der Waals surface area contributed by atoms with Crippen LogP contribution in [0.4, 0.5) is 10.1 Å². The van der Waals surface area contributed by atoms with Gasteiger partial charge in [0.25, 0.3) is 0 Å². The molecule has 4 N–H and O–H groups in total. The summed E-state index contributed by atoms with van der Waals surface area (Å²) in [7, 11) is 0. The Balaban J connectivity index is 2.92. The minimum Gasteiger partial charge on any atom is -0.398 e. The number of carbonyl (C=O) groups is 1. The van der Waals surface area contributed by atoms with Crippen molar-refractivity contribution in [2.45, 2.75) is 13.3 Å². The molecule has 4 heteroatoms. The van der Waals surface area contributed by atoms with Crippen molar-refractivity contribution in [3.63, 3.8) is 0 Å². The summed E-state index contributed by atoms with van der Waals surface area (Å²) >= 11 is 0. The number of halogens is 1. The second-order valence-electron chi connectivity index (χ2n) is 3.26. The Kier molecular flexibility index (Phi) is 3.44. The highest BCUT2D eigenvalue weighted by Crippen LogP contribution is 2.19. The molecule has 0 unspecified atom stereocenters. The molecule has 0 aliphatic carbocycles. The van der Waals surface area contributed by atoms with E-state index in [1.54, 1.807) is 19.1 Å². The Morgan fingerprint density at radius 1 is 1.53 bits per heavy atom. The molecule has 1 amide bonds. The largest absolute Gasteiger partial charge is 0.398 e. The quantitative estimate of drug-likeness (QED) is 0.741. The van der Waals surface area contributed by atoms with Crippen LogP contribution < -0.4 is 11.5 Å². The van der Waals surface area contributed by atoms with E-state index in [2.05, 4.69) is 0 Å². The SMILES string of the molecule is Cc1c(N)ccc(C=CCC(N)=O)c1F. The number of carbonyl (C=O) groups excluding carboxylic acids is 1. The number of nitrogens with two attached hydrogens (primary N) is 2. The number of hydrogen-bond donors (Lipinski definition) is 2. The van der Waals surface area contributed by atoms with E-state index in [4.69, 9.17) is 11.5 Å². The van der Waals surface area contributed by atoms with Gasteiger partial charge < -0.3 is 11.5 Å². The maximum atomic E-state index is 13.5. The van der Waals surface area contributed by atoms with E-state index < -0.39 is 5.91 Å². The van der Waals surface area contributed by atoms with Crippen molar-refractivity contribution >= 4 is 17.7 Å². The van der Waals surface area contributed by atoms with Crippen LogP contribution >= 0.6 is 0 Å². The van der Waals surface area contributed by atoms with Gasteiger partial charge in [-0.2, -0.15) is 0 Å². The highest BCUT2D eigenvalue weighted by atomic mass is 19.1. The van der Waals surface area contributed by atoms with E-state index >= 15 is 0 Å². The van der Waals surface area contributed by atoms with Crippen LogP contribution in [0.25, 0.3) is 6.08 Å². The number of nitrogen functional groups attached to an aromatic ring is 1. The van der Waals surface area contributed by atoms with Crippen molar-refractivity contribution in [3.8, 4) is 0 Å². The predicted molar refractivity (Wildman–Crippen MR) is 58.4 cm³/mol. The van der Waals surface area contributed by atoms with E-state index in [-0.39, 0.29) is 12.2 Å². The number of amides is 1. The van der Waals surface area contributed by atoms with Crippen molar-refractivity contribution < 1.29 is 9.18 Å². The van der Waals surface area contributed by atoms with Crippen LogP contribution in [0.15, 0.2) is 18.2 Å². The summed E-state index contributed by atoms with van der Waals surface area (Å²) in [5.41, 5.74) is 11.7. The molecule has 0 fully saturated rings. The summed E-state index contributed by atoms with van der Waals surface area (Å²) in [6.45, 7) is 1.61. The monoisotopic (exact) mass is 208 g/mol. The summed E-state index contributed by atoms with van der Waals surface area (Å²) in [5, 5.41) is 0. The molecular weight excluding hydrogens is 195 g/mol. The van der Waals surface area contributed by atoms with Crippen LogP contribution in [0.5, 0.6) is 0 Å². The molecule has 0 aromatic heterocycles. The zero-order valence-electron chi connectivity index (χ0n) is 8.46. The van der Waals surface area contributed by atoms with Gasteiger partial charge in [-0.15, -0.1) is 0 Å². The van der Waals surface area contributed by atoms with Gasteiger partial charge in [0.2, 0.25) is 5.91 Å². The maximum absolute atomic E-state index is 13.5. The van der Waals surface area contributed by atoms with Crippen LogP contribution in [0.1, 0.15) is 17.5 Å². The third-order valence-corrected chi connectivity index (χ3v) is 2.07. The number of benzene rings is 1. The first kappa shape index (κ1) is 11.2. The number of anilines is 1. The standard InChI is InChI=1S/C11H13FN2O/c1-7-9(13)6-5-8(11(7)12)3-2-4-10(14)15/h2-3,5-6H,4,13H2,1H3,(H2,14,15). The number of rotatable bonds is 3. The van der Waals surface area contributed by atoms with Crippen LogP contribution in [0.3, 0.4) is 0 Å². The first-order valence-corrected chi connectivity index (χ1v) is 4.51. The molecule has 0 spiro atoms. The minimum atomic E-state index is -0.446. The van der Waals surface area contributed by atoms with E-state index in [0.29, 0.717) is 16.8 Å². The second-order valence-corrected chi connectivity index (χ2v) is 3.26. The summed E-state index contributed by atoms with van der Waals surface area (Å²) in [6.07, 6.45) is 3.14. The molecule has 1 aromatic carbocycles. The van der Waals surface area contributed by atoms with E-state index in [1.807, 2.05) is 0 Å². The molecule has 0 aliphatic rings. The molecule has 0 bridgehead atoms. The van der Waals surface area contributed by atoms with E-state index in [1.165, 1.54) is 12.2 Å². The molecule has 1 rings (SSSR count). The average Bonchev–Trinajstić information content (AvgIpc) is 2.18. The molecule has 0 saturated carbocycles. The smallest absolute Gasteiger partial charge is 0.221 e. The number of hydrogen-bond acceptors (Lipinski definition) is 2. The van der Waals surface area contributed by atoms with E-state index in [9.17, 15) is 9.18 Å². The number of primary amides is 1. The Hall–Kier alpha value is -1.84. The highest BCUT2D eigenvalue weighted by Gasteiger charge is 2.04. The van der Waals surface area contributed by atoms with Crippen LogP contribution in [-0.2, 0) is 4.79 Å². The van der Waals surface area contributed by atoms with Crippen molar-refractivity contribution in [2.24, 2.45) is 5.73 Å². The van der Waals surface area contributed by atoms with Gasteiger partial charge in [-0.3, -0.25) is 4.79 Å². The molecule has 1 aromatic rings. The molecule has 0 radical (unpaired) electrons. The van der Waals surface area contributed by atoms with Gasteiger partial charge >= 0.3 is 0 Å². The summed E-state index contributed by atoms with van der Waals surface area (Å²) < 4.78 is 13.5. The molecule has 15 heavy (non-hydrogen) atoms. The van der Waals surface area contributed by atoms with Crippen molar-refractivity contribution in [1.82, 2.24) is 0 Å². The van der Waals surface area contributed by atoms with Gasteiger partial charge in [0.1, 0.15) is 5.82 Å². The highest BCUT2D eigenvalue weighted by molar-refractivity contribution is 5.76. The summed E-state index contributed by atoms with van der Waals surface area (Å²) in [4.78, 5) is 10.5. The lowest BCUT2D eigenvalue weighted by Gasteiger charge is -2.03. The molecule has 0 aliphatic heterocycles. The Labute approximate surface area is 87.6 Å². The first-order chi connectivity index (χ1) is 7.02. The molecular formula is C11H13FN2O. The molecule has 3 nitrogen and oxygen atoms in total. The van der Waals surface area contributed by atoms with Crippen LogP contribution in [0, 0.1) is 12.7 Å². The van der Waals surface area contributed by atoms with Gasteiger partial charge in [-0.25, -0.2) is 4.39 Å². The molecule has 0 atom stereocenters. The van der Waals surface area contributed by atoms with Gasteiger partial charge in [0, 0.05) is 23.2 Å². The lowest BCUT2D eigenvalue weighted by atomic mass is 10.1. The second kappa shape index (κ2) is 4.59. The molecule has 80 valence electrons. The van der Waals surface area contributed by atoms with Crippen molar-refractivity contribution in [1.29, 1.82) is 0 Å². The maximum Gasteiger partial charge on any atom is 0.221 e. The zero-order valence-corrected chi connectivity index (χ0v) is 8.46. The van der Waals surface area contributed by atoms with Gasteiger partial charge in [0.15, 0.2) is 0 Å². The minimum absolute atomic E-state index is 0.100. The fraction of sp³-hybridized carbons (Fsp3) is 0.182. The van der Waals surface area contributed by atoms with Crippen molar-refractivity contribution in [2.75, 3.05) is 5.73 Å². The van der Waals surface area contributed by atoms with Gasteiger partial charge in [-0.1, -0.05) is 12.2 Å². The first-order valence-electron chi connectivity index (χ1n) is 4.51. The fourth-order valence-electron chi connectivity index (χ4n) is 1.15. The van der Waals surface area contributed by atoms with Gasteiger partial charge in [0.05, 0.1) is 0 Å². The predicted octanol–water partition coefficient (Wildman–Crippen LogP) is 1.60. The Bertz CT molecular complexity index is 413. The Morgan fingerprint density at radius 2 is 2.20 bits per heavy atom. The fourth-order valence-corrected chi connectivity index (χ4v) is 1.15. The van der Waals surface area contributed by atoms with E-state index in [0.717, 1.165) is 0 Å². The third-order valence-electron chi connectivity index (χ3n) is 2.07. The van der Waals surface area contributed by atoms with Gasteiger partial charge in [-0.05, 0) is 19.1 Å². The molecule has 0 heterocycles. The lowest BCUT2D eigenvalue weighted by Crippen LogP contribution is -2.07. The topological polar surface area (TPSA) is 69.1 Å². The molecule has 0 saturated heterocycles. The zero-order chi connectivity index (χ0) is 11.4. The summed E-state index contributed by atoms with van der Waals surface area (Å²) in [5.74, 6) is -0.811. The normalized spacial score (nSPS) is 10.8. The van der Waals surface area contributed by atoms with Crippen LogP contribution in [-0.4, -0.2) is 5.91 Å². The lowest BCUT2D eigenvalue weighted by molar-refractivity contribution is -0.117. The third kappa shape index (κ3) is 2.80. The average molecular weight is 208 g/mol. The Morgan fingerprint density at radius 3 is 2.80 bits per heavy atom. The summed E-state index contributed by atoms with van der Waals surface area (Å²) in [6, 6.07) is 3.19. The van der Waals surface area contributed by atoms with Crippen molar-refractivity contribution in [3.05, 3.63) is 35.2 Å². The van der Waals surface area contributed by atoms with Crippen LogP contribution in [0.2, 0.25) is 0 Å².